The van der Waals surface area contributed by atoms with Crippen LogP contribution in [-0.2, 0) is 54.0 Å². The molecule has 0 unspecified atom stereocenters. The minimum Gasteiger partial charge on any atom is -0.458 e. The minimum atomic E-state index is -1.39. The van der Waals surface area contributed by atoms with Crippen LogP contribution in [0.5, 0.6) is 0 Å². The number of aromatic nitrogens is 5. The third-order valence-electron chi connectivity index (χ3n) is 16.3. The molecule has 0 bridgehead atoms. The lowest BCUT2D eigenvalue weighted by Gasteiger charge is -2.46. The first kappa shape index (κ1) is 57.7. The molecule has 2 N–H and O–H groups in total. The maximum atomic E-state index is 14.9. The van der Waals surface area contributed by atoms with Crippen molar-refractivity contribution in [2.45, 2.75) is 167 Å². The summed E-state index contributed by atoms with van der Waals surface area (Å²) >= 11 is 0. The highest BCUT2D eigenvalue weighted by Crippen LogP contribution is 2.43. The Morgan fingerprint density at radius 3 is 2.31 bits per heavy atom. The van der Waals surface area contributed by atoms with Crippen molar-refractivity contribution in [2.75, 3.05) is 60.0 Å². The van der Waals surface area contributed by atoms with Crippen LogP contribution in [0, 0.1) is 29.6 Å². The Kier molecular flexibility index (Phi) is 19.2. The number of halogens is 1. The Morgan fingerprint density at radius 2 is 1.67 bits per heavy atom. The molecule has 3 aliphatic heterocycles. The normalized spacial score (nSPS) is 31.9. The number of methoxy groups -OCH3 is 2. The molecule has 1 amide bonds. The summed E-state index contributed by atoms with van der Waals surface area (Å²) in [4.78, 5) is 69.4. The maximum absolute atomic E-state index is 14.9. The highest BCUT2D eigenvalue weighted by Gasteiger charge is 2.60. The fraction of sp³-hybridized carbons (Fsp3) is 0.709. The second-order valence-corrected chi connectivity index (χ2v) is 21.9. The van der Waals surface area contributed by atoms with E-state index in [4.69, 9.17) is 38.9 Å². The van der Waals surface area contributed by atoms with Crippen LogP contribution >= 0.6 is 0 Å². The standard InChI is InChI=1S/C55H81FN8O11/c1-12-44-55(8)49(63(53(68)75-55)21-13-23-71-31-37-14-15-37)34(4)46(65)32(2)26-54(7,70-11)50(35(5)47(66)36(6)51(67)73-44)74-45-25-42(24-33(3)72-45)62(9)22-20-41-30-64(61-60-41)43(27-56)48(69-10)39-18-16-38(17-19-39)40-28-58-52(57)59-29-40/h16-19,28-30,32-37,42-45,48-50H,12-15,20-27,31H2,1-11H3,(H2,57,58,59)/t32-,33-,34+,35+,36-,42+,43-,44-,45+,48-,49-,50-,54-,55-/m1/s1. The quantitative estimate of drug-likeness (QED) is 0.0672. The van der Waals surface area contributed by atoms with Crippen LogP contribution in [0.2, 0.25) is 0 Å². The van der Waals surface area contributed by atoms with Crippen LogP contribution in [-0.4, -0.2) is 161 Å². The number of hydrogen-bond acceptors (Lipinski definition) is 17. The number of carbonyl (C=O) groups excluding carboxylic acids is 4. The van der Waals surface area contributed by atoms with Gasteiger partial charge in [0.05, 0.1) is 29.5 Å². The van der Waals surface area contributed by atoms with E-state index in [9.17, 15) is 23.6 Å². The number of rotatable bonds is 20. The molecule has 3 aromatic rings. The van der Waals surface area contributed by atoms with E-state index in [1.165, 1.54) is 31.6 Å². The smallest absolute Gasteiger partial charge is 0.410 e. The van der Waals surface area contributed by atoms with Gasteiger partial charge in [-0.25, -0.2) is 23.8 Å². The number of likely N-dealkylation sites (N-methyl/N-ethyl adjacent to an activating group) is 1. The van der Waals surface area contributed by atoms with Crippen molar-refractivity contribution in [1.29, 1.82) is 0 Å². The van der Waals surface area contributed by atoms with E-state index in [1.807, 2.05) is 65.9 Å². The molecule has 20 heteroatoms. The topological polar surface area (TPSA) is 222 Å². The molecule has 75 heavy (non-hydrogen) atoms. The maximum Gasteiger partial charge on any atom is 0.410 e. The van der Waals surface area contributed by atoms with Crippen molar-refractivity contribution < 1.29 is 56.7 Å². The summed E-state index contributed by atoms with van der Waals surface area (Å²) in [6, 6.07) is 5.98. The molecule has 14 atom stereocenters. The van der Waals surface area contributed by atoms with Crippen LogP contribution < -0.4 is 5.73 Å². The molecule has 2 aromatic heterocycles. The molecule has 3 saturated heterocycles. The monoisotopic (exact) mass is 1050 g/mol. The molecule has 1 aromatic carbocycles. The Labute approximate surface area is 441 Å². The van der Waals surface area contributed by atoms with Crippen molar-refractivity contribution >= 4 is 29.6 Å². The average molecular weight is 1050 g/mol. The van der Waals surface area contributed by atoms with Gasteiger partial charge in [0, 0.05) is 101 Å². The Morgan fingerprint density at radius 1 is 0.960 bits per heavy atom. The fourth-order valence-corrected chi connectivity index (χ4v) is 11.7. The summed E-state index contributed by atoms with van der Waals surface area (Å²) in [7, 11) is 5.10. The molecule has 4 fully saturated rings. The Balaban J connectivity index is 1.04. The van der Waals surface area contributed by atoms with Crippen LogP contribution in [0.25, 0.3) is 11.1 Å². The molecule has 414 valence electrons. The van der Waals surface area contributed by atoms with E-state index in [1.54, 1.807) is 44.4 Å². The summed E-state index contributed by atoms with van der Waals surface area (Å²) in [6.45, 7) is 15.5. The number of cyclic esters (lactones) is 1. The molecular formula is C55H81FN8O11. The Hall–Kier alpha value is -4.99. The van der Waals surface area contributed by atoms with Gasteiger partial charge in [0.25, 0.3) is 0 Å². The Bertz CT molecular complexity index is 2390. The van der Waals surface area contributed by atoms with Crippen molar-refractivity contribution in [2.24, 2.45) is 29.6 Å². The van der Waals surface area contributed by atoms with E-state index in [-0.39, 0.29) is 43.3 Å². The number of nitrogens with zero attached hydrogens (tertiary/aromatic N) is 7. The number of alkyl halides is 1. The van der Waals surface area contributed by atoms with Crippen LogP contribution in [0.3, 0.4) is 0 Å². The molecule has 1 saturated carbocycles. The zero-order chi connectivity index (χ0) is 54.4. The number of Topliss-reactive ketones (excluding diaryl/α,β-unsaturated/α-hetero) is 2. The van der Waals surface area contributed by atoms with Gasteiger partial charge in [0.1, 0.15) is 36.6 Å². The van der Waals surface area contributed by atoms with Crippen LogP contribution in [0.15, 0.2) is 42.9 Å². The summed E-state index contributed by atoms with van der Waals surface area (Å²) < 4.78 is 60.2. The number of amides is 1. The molecule has 4 aliphatic rings. The number of fused-ring (bicyclic) bond motifs is 1. The first-order valence-electron chi connectivity index (χ1n) is 26.8. The number of benzene rings is 1. The van der Waals surface area contributed by atoms with Gasteiger partial charge in [-0.05, 0) is 90.3 Å². The van der Waals surface area contributed by atoms with Crippen molar-refractivity contribution in [3.8, 4) is 11.1 Å². The van der Waals surface area contributed by atoms with E-state index in [2.05, 4.69) is 25.2 Å². The number of hydrogen-bond donors (Lipinski definition) is 1. The number of nitrogen functional groups attached to an aromatic ring is 1. The number of anilines is 1. The van der Waals surface area contributed by atoms with Crippen molar-refractivity contribution in [1.82, 2.24) is 34.8 Å². The fourth-order valence-electron chi connectivity index (χ4n) is 11.7. The van der Waals surface area contributed by atoms with Gasteiger partial charge in [0.15, 0.2) is 17.7 Å². The lowest BCUT2D eigenvalue weighted by Crippen LogP contribution is -2.59. The molecular weight excluding hydrogens is 968 g/mol. The second-order valence-electron chi connectivity index (χ2n) is 21.9. The first-order chi connectivity index (χ1) is 35.7. The van der Waals surface area contributed by atoms with Gasteiger partial charge < -0.3 is 48.7 Å². The average Bonchev–Trinajstić information content (AvgIpc) is 4.04. The molecule has 1 aliphatic carbocycles. The number of nitrogens with two attached hydrogens (primary N) is 1. The predicted molar refractivity (Wildman–Crippen MR) is 276 cm³/mol. The summed E-state index contributed by atoms with van der Waals surface area (Å²) in [5.41, 5.74) is 6.15. The van der Waals surface area contributed by atoms with Crippen molar-refractivity contribution in [3.63, 3.8) is 0 Å². The highest BCUT2D eigenvalue weighted by molar-refractivity contribution is 6.00. The van der Waals surface area contributed by atoms with E-state index < -0.39 is 96.1 Å². The largest absolute Gasteiger partial charge is 0.458 e. The van der Waals surface area contributed by atoms with Gasteiger partial charge in [0.2, 0.25) is 5.95 Å². The van der Waals surface area contributed by atoms with Crippen molar-refractivity contribution in [3.05, 3.63) is 54.1 Å². The molecule has 5 heterocycles. The van der Waals surface area contributed by atoms with Crippen LogP contribution in [0.1, 0.15) is 124 Å². The summed E-state index contributed by atoms with van der Waals surface area (Å²) in [5.74, 6) is -4.04. The lowest BCUT2D eigenvalue weighted by atomic mass is 9.73. The highest BCUT2D eigenvalue weighted by atomic mass is 19.1. The molecule has 19 nitrogen and oxygen atoms in total. The second kappa shape index (κ2) is 25.0. The van der Waals surface area contributed by atoms with E-state index >= 15 is 0 Å². The SMILES string of the molecule is CC[C@H]1OC(=O)[C@H](C)C(=O)[C@H](C)[C@@H](O[C@H]2C[C@@H](N(C)CCc3cn([C@H](CF)[C@H](OC)c4ccc(-c5cnc(N)nc5)cc4)nn3)C[C@@H](C)O2)[C@](C)(OC)C[C@@H](C)C(=O)[C@H](C)[C@H]2N(CCCOCC3CC3)C(=O)O[C@]12C. The third-order valence-corrected chi connectivity index (χ3v) is 16.3. The van der Waals surface area contributed by atoms with Gasteiger partial charge in [-0.2, -0.15) is 0 Å². The number of ether oxygens (including phenoxy) is 7. The van der Waals surface area contributed by atoms with Gasteiger partial charge >= 0.3 is 12.1 Å². The molecule has 7 rings (SSSR count). The number of carbonyl (C=O) groups is 4. The lowest BCUT2D eigenvalue weighted by molar-refractivity contribution is -0.263. The summed E-state index contributed by atoms with van der Waals surface area (Å²) in [5, 5.41) is 8.76. The first-order valence-corrected chi connectivity index (χ1v) is 26.8. The van der Waals surface area contributed by atoms with E-state index in [0.717, 1.165) is 16.7 Å². The zero-order valence-corrected chi connectivity index (χ0v) is 45.8. The van der Waals surface area contributed by atoms with Gasteiger partial charge in [-0.3, -0.25) is 14.4 Å². The predicted octanol–water partition coefficient (Wildman–Crippen LogP) is 7.18. The van der Waals surface area contributed by atoms with Gasteiger partial charge in [-0.15, -0.1) is 5.10 Å². The molecule has 0 spiro atoms. The zero-order valence-electron chi connectivity index (χ0n) is 45.8. The third kappa shape index (κ3) is 13.2. The number of ketones is 2. The minimum absolute atomic E-state index is 0.0223. The number of esters is 1. The van der Waals surface area contributed by atoms with Gasteiger partial charge in [-0.1, -0.05) is 57.2 Å². The van der Waals surface area contributed by atoms with E-state index in [0.29, 0.717) is 57.1 Å². The molecule has 0 radical (unpaired) electrons. The van der Waals surface area contributed by atoms with Crippen LogP contribution in [0.4, 0.5) is 15.1 Å². The summed E-state index contributed by atoms with van der Waals surface area (Å²) in [6.07, 6.45) is 5.80.